The van der Waals surface area contributed by atoms with E-state index < -0.39 is 5.60 Å². The first-order chi connectivity index (χ1) is 19.7. The number of hydrogen-bond donors (Lipinski definition) is 2. The quantitative estimate of drug-likeness (QED) is 0.477. The van der Waals surface area contributed by atoms with Gasteiger partial charge in [0.05, 0.1) is 25.0 Å². The van der Waals surface area contributed by atoms with Gasteiger partial charge in [0.1, 0.15) is 36.7 Å². The van der Waals surface area contributed by atoms with Crippen molar-refractivity contribution < 1.29 is 14.3 Å². The maximum absolute atomic E-state index is 13.0. The van der Waals surface area contributed by atoms with Crippen LogP contribution in [0.5, 0.6) is 5.88 Å². The van der Waals surface area contributed by atoms with Crippen LogP contribution in [-0.4, -0.2) is 63.8 Å². The summed E-state index contributed by atoms with van der Waals surface area (Å²) in [6.45, 7) is 10.7. The molecule has 1 atom stereocenters. The van der Waals surface area contributed by atoms with Gasteiger partial charge in [0.2, 0.25) is 5.88 Å². The maximum Gasteiger partial charge on any atom is 0.415 e. The first-order valence-corrected chi connectivity index (χ1v) is 14.0. The number of ether oxygens (including phenoxy) is 2. The van der Waals surface area contributed by atoms with Crippen LogP contribution in [0.2, 0.25) is 0 Å². The van der Waals surface area contributed by atoms with Crippen LogP contribution in [0.15, 0.2) is 66.5 Å². The van der Waals surface area contributed by atoms with Gasteiger partial charge in [-0.3, -0.25) is 4.90 Å². The minimum atomic E-state index is -0.587. The van der Waals surface area contributed by atoms with E-state index in [1.807, 2.05) is 33.9 Å². The number of fused-ring (bicyclic) bond motifs is 2. The number of nitrogens with one attached hydrogen (secondary N) is 2. The van der Waals surface area contributed by atoms with Crippen LogP contribution >= 0.6 is 0 Å². The van der Waals surface area contributed by atoms with Gasteiger partial charge in [-0.25, -0.2) is 19.4 Å². The molecule has 0 bridgehead atoms. The third-order valence-electron chi connectivity index (χ3n) is 7.34. The molecule has 1 aromatic carbocycles. The number of piperidine rings is 1. The van der Waals surface area contributed by atoms with Crippen molar-refractivity contribution in [3.05, 3.63) is 77.7 Å². The van der Waals surface area contributed by atoms with E-state index in [2.05, 4.69) is 67.1 Å². The standard InChI is InChI=1S/C30H36N8O3/c1-20-25(15-33-28-27(20)38(11-12-40-28)29(39)41-30(2,3)4)36-10-9-22-14-32-26(13-23(22)17-36)35-24-7-5-21(6-8-24)16-37-19-31-18-34-37/h5-8,13-15,18-19,26,32,35H,9-12,16-17H2,1-4H3. The number of carbonyl (C=O) groups is 1. The summed E-state index contributed by atoms with van der Waals surface area (Å²) in [6.07, 6.45) is 9.99. The molecule has 0 spiro atoms. The minimum absolute atomic E-state index is 0.0336. The number of dihydropyridines is 1. The fourth-order valence-electron chi connectivity index (χ4n) is 5.39. The minimum Gasteiger partial charge on any atom is -0.474 e. The Hall–Kier alpha value is -4.54. The number of hydrogen-bond acceptors (Lipinski definition) is 9. The molecule has 3 aliphatic heterocycles. The van der Waals surface area contributed by atoms with E-state index in [9.17, 15) is 4.79 Å². The van der Waals surface area contributed by atoms with Gasteiger partial charge in [-0.15, -0.1) is 0 Å². The number of aromatic nitrogens is 4. The zero-order chi connectivity index (χ0) is 28.6. The van der Waals surface area contributed by atoms with Crippen LogP contribution in [0.25, 0.3) is 0 Å². The Morgan fingerprint density at radius 3 is 2.78 bits per heavy atom. The van der Waals surface area contributed by atoms with Crippen molar-refractivity contribution in [3.8, 4) is 5.88 Å². The molecule has 3 aromatic rings. The van der Waals surface area contributed by atoms with Crippen molar-refractivity contribution >= 4 is 23.2 Å². The Labute approximate surface area is 239 Å². The summed E-state index contributed by atoms with van der Waals surface area (Å²) in [4.78, 5) is 25.6. The summed E-state index contributed by atoms with van der Waals surface area (Å²) in [6, 6.07) is 8.36. The van der Waals surface area contributed by atoms with Crippen LogP contribution in [0, 0.1) is 6.92 Å². The Bertz CT molecular complexity index is 1470. The number of pyridine rings is 1. The van der Waals surface area contributed by atoms with Crippen molar-refractivity contribution in [1.82, 2.24) is 25.1 Å². The molecule has 1 fully saturated rings. The molecule has 2 aromatic heterocycles. The molecule has 1 saturated heterocycles. The highest BCUT2D eigenvalue weighted by atomic mass is 16.6. The lowest BCUT2D eigenvalue weighted by Gasteiger charge is -2.38. The molecule has 0 aliphatic carbocycles. The van der Waals surface area contributed by atoms with E-state index in [1.54, 1.807) is 22.2 Å². The summed E-state index contributed by atoms with van der Waals surface area (Å²) in [7, 11) is 0. The van der Waals surface area contributed by atoms with Crippen LogP contribution in [-0.2, 0) is 11.3 Å². The number of nitrogens with zero attached hydrogens (tertiary/aromatic N) is 6. The third-order valence-corrected chi connectivity index (χ3v) is 7.34. The van der Waals surface area contributed by atoms with Gasteiger partial charge >= 0.3 is 6.09 Å². The zero-order valence-electron chi connectivity index (χ0n) is 23.9. The summed E-state index contributed by atoms with van der Waals surface area (Å²) in [5.41, 5.74) is 6.83. The van der Waals surface area contributed by atoms with E-state index in [4.69, 9.17) is 9.47 Å². The first kappa shape index (κ1) is 26.7. The Balaban J connectivity index is 1.17. The molecule has 11 heteroatoms. The van der Waals surface area contributed by atoms with Crippen LogP contribution in [0.1, 0.15) is 38.3 Å². The molecule has 41 heavy (non-hydrogen) atoms. The van der Waals surface area contributed by atoms with E-state index in [0.717, 1.165) is 42.0 Å². The van der Waals surface area contributed by atoms with Gasteiger partial charge in [-0.1, -0.05) is 12.1 Å². The van der Waals surface area contributed by atoms with Crippen molar-refractivity contribution in [1.29, 1.82) is 0 Å². The lowest BCUT2D eigenvalue weighted by Crippen LogP contribution is -2.43. The maximum atomic E-state index is 13.0. The summed E-state index contributed by atoms with van der Waals surface area (Å²) < 4.78 is 13.3. The molecule has 11 nitrogen and oxygen atoms in total. The average Bonchev–Trinajstić information content (AvgIpc) is 3.46. The molecular formula is C30H36N8O3. The third kappa shape index (κ3) is 5.84. The molecule has 1 unspecified atom stereocenters. The van der Waals surface area contributed by atoms with Crippen LogP contribution in [0.3, 0.4) is 0 Å². The second-order valence-corrected chi connectivity index (χ2v) is 11.5. The van der Waals surface area contributed by atoms with E-state index in [0.29, 0.717) is 31.3 Å². The molecule has 5 heterocycles. The van der Waals surface area contributed by atoms with Gasteiger partial charge in [0.25, 0.3) is 0 Å². The van der Waals surface area contributed by atoms with Gasteiger partial charge < -0.3 is 25.0 Å². The molecule has 0 saturated carbocycles. The lowest BCUT2D eigenvalue weighted by atomic mass is 9.94. The van der Waals surface area contributed by atoms with Crippen LogP contribution < -0.4 is 25.2 Å². The molecule has 3 aliphatic rings. The second-order valence-electron chi connectivity index (χ2n) is 11.5. The van der Waals surface area contributed by atoms with Crippen LogP contribution in [0.4, 0.5) is 21.9 Å². The molecule has 1 amide bonds. The Kier molecular flexibility index (Phi) is 7.02. The number of amides is 1. The number of benzene rings is 1. The largest absolute Gasteiger partial charge is 0.474 e. The Morgan fingerprint density at radius 2 is 2.02 bits per heavy atom. The number of anilines is 3. The average molecular weight is 557 g/mol. The highest BCUT2D eigenvalue weighted by Crippen LogP contribution is 2.40. The van der Waals surface area contributed by atoms with Gasteiger partial charge in [0.15, 0.2) is 0 Å². The highest BCUT2D eigenvalue weighted by molar-refractivity contribution is 5.92. The van der Waals surface area contributed by atoms with E-state index in [1.165, 1.54) is 11.1 Å². The normalized spacial score (nSPS) is 18.3. The number of carbonyl (C=O) groups excluding carboxylic acids is 1. The summed E-state index contributed by atoms with van der Waals surface area (Å²) in [5, 5.41) is 11.2. The van der Waals surface area contributed by atoms with Gasteiger partial charge in [-0.05, 0) is 69.0 Å². The molecule has 0 radical (unpaired) electrons. The topological polar surface area (TPSA) is 110 Å². The van der Waals surface area contributed by atoms with Crippen molar-refractivity contribution in [2.45, 2.75) is 52.4 Å². The monoisotopic (exact) mass is 556 g/mol. The predicted molar refractivity (Wildman–Crippen MR) is 157 cm³/mol. The summed E-state index contributed by atoms with van der Waals surface area (Å²) >= 11 is 0. The van der Waals surface area contributed by atoms with Crippen molar-refractivity contribution in [2.75, 3.05) is 41.4 Å². The van der Waals surface area contributed by atoms with Crippen molar-refractivity contribution in [2.24, 2.45) is 0 Å². The Morgan fingerprint density at radius 1 is 1.20 bits per heavy atom. The second kappa shape index (κ2) is 10.8. The molecule has 2 N–H and O–H groups in total. The smallest absolute Gasteiger partial charge is 0.415 e. The fraction of sp³-hybridized carbons (Fsp3) is 0.400. The fourth-order valence-corrected chi connectivity index (χ4v) is 5.39. The molecule has 6 rings (SSSR count). The molecular weight excluding hydrogens is 520 g/mol. The van der Waals surface area contributed by atoms with E-state index >= 15 is 0 Å². The zero-order valence-corrected chi connectivity index (χ0v) is 23.9. The molecule has 214 valence electrons. The van der Waals surface area contributed by atoms with Gasteiger partial charge in [-0.2, -0.15) is 5.10 Å². The number of rotatable bonds is 5. The SMILES string of the molecule is Cc1c(N2CCC3=CNC(Nc4ccc(Cn5cncn5)cc4)C=C3C2)cnc2c1N(C(=O)OC(C)(C)C)CCO2. The lowest BCUT2D eigenvalue weighted by molar-refractivity contribution is 0.0566. The van der Waals surface area contributed by atoms with Crippen molar-refractivity contribution in [3.63, 3.8) is 0 Å². The predicted octanol–water partition coefficient (Wildman–Crippen LogP) is 4.23. The van der Waals surface area contributed by atoms with Gasteiger partial charge in [0, 0.05) is 30.5 Å². The first-order valence-electron chi connectivity index (χ1n) is 14.0. The highest BCUT2D eigenvalue weighted by Gasteiger charge is 2.33. The summed E-state index contributed by atoms with van der Waals surface area (Å²) in [5.74, 6) is 0.471. The van der Waals surface area contributed by atoms with E-state index in [-0.39, 0.29) is 12.3 Å².